The van der Waals surface area contributed by atoms with Crippen LogP contribution in [0.3, 0.4) is 0 Å². The van der Waals surface area contributed by atoms with Crippen molar-refractivity contribution >= 4 is 5.97 Å². The minimum absolute atomic E-state index is 0.186. The predicted molar refractivity (Wildman–Crippen MR) is 85.1 cm³/mol. The average Bonchev–Trinajstić information content (AvgIpc) is 3.07. The van der Waals surface area contributed by atoms with E-state index in [0.717, 1.165) is 6.07 Å². The monoisotopic (exact) mass is 323 g/mol. The molecule has 3 rings (SSSR count). The summed E-state index contributed by atoms with van der Waals surface area (Å²) in [6, 6.07) is 11.1. The van der Waals surface area contributed by atoms with E-state index >= 15 is 0 Å². The number of benzene rings is 2. The summed E-state index contributed by atoms with van der Waals surface area (Å²) in [5.74, 6) is 3.25. The van der Waals surface area contributed by atoms with Gasteiger partial charge in [0.25, 0.3) is 0 Å². The third-order valence-corrected chi connectivity index (χ3v) is 3.35. The minimum atomic E-state index is -1.25. The molecule has 0 bridgehead atoms. The highest BCUT2D eigenvalue weighted by molar-refractivity contribution is 5.93. The van der Waals surface area contributed by atoms with Gasteiger partial charge in [-0.15, -0.1) is 0 Å². The molecule has 0 aliphatic heterocycles. The summed E-state index contributed by atoms with van der Waals surface area (Å²) in [6.07, 6.45) is 3.31. The van der Waals surface area contributed by atoms with Crippen LogP contribution < -0.4 is 0 Å². The van der Waals surface area contributed by atoms with Crippen LogP contribution in [0, 0.1) is 23.5 Å². The normalized spacial score (nSPS) is 10.1. The molecule has 2 aromatic carbocycles. The lowest BCUT2D eigenvalue weighted by molar-refractivity contribution is 0.0696. The van der Waals surface area contributed by atoms with E-state index < -0.39 is 11.8 Å². The molecule has 0 fully saturated rings. The molecule has 0 aliphatic rings. The zero-order valence-electron chi connectivity index (χ0n) is 12.3. The van der Waals surface area contributed by atoms with E-state index in [9.17, 15) is 18.7 Å². The Balaban J connectivity index is 2.17. The van der Waals surface area contributed by atoms with E-state index in [4.69, 9.17) is 0 Å². The molecule has 24 heavy (non-hydrogen) atoms. The number of nitrogens with zero attached hydrogens (tertiary/aromatic N) is 1. The fourth-order valence-corrected chi connectivity index (χ4v) is 2.29. The quantitative estimate of drug-likeness (QED) is 0.728. The molecule has 1 N–H and O–H groups in total. The van der Waals surface area contributed by atoms with E-state index in [1.165, 1.54) is 30.3 Å². The summed E-state index contributed by atoms with van der Waals surface area (Å²) in [5, 5.41) is 9.36. The highest BCUT2D eigenvalue weighted by atomic mass is 19.1. The van der Waals surface area contributed by atoms with Crippen molar-refractivity contribution in [1.29, 1.82) is 0 Å². The second-order valence-electron chi connectivity index (χ2n) is 5.00. The fourth-order valence-electron chi connectivity index (χ4n) is 2.29. The molecule has 0 aliphatic carbocycles. The van der Waals surface area contributed by atoms with Gasteiger partial charge < -0.3 is 9.67 Å². The molecule has 3 aromatic rings. The van der Waals surface area contributed by atoms with Crippen molar-refractivity contribution in [2.45, 2.75) is 0 Å². The molecule has 0 amide bonds. The van der Waals surface area contributed by atoms with Crippen LogP contribution in [0.5, 0.6) is 0 Å². The number of carboxylic acid groups (broad SMARTS) is 1. The van der Waals surface area contributed by atoms with Gasteiger partial charge in [-0.1, -0.05) is 11.8 Å². The Bertz CT molecular complexity index is 950. The molecule has 5 heteroatoms. The maximum absolute atomic E-state index is 13.8. The molecule has 0 spiro atoms. The van der Waals surface area contributed by atoms with Crippen LogP contribution in [-0.2, 0) is 0 Å². The van der Waals surface area contributed by atoms with Crippen molar-refractivity contribution in [2.75, 3.05) is 0 Å². The Morgan fingerprint density at radius 2 is 1.62 bits per heavy atom. The lowest BCUT2D eigenvalue weighted by Crippen LogP contribution is -2.07. The molecule has 1 heterocycles. The van der Waals surface area contributed by atoms with E-state index in [2.05, 4.69) is 11.8 Å². The van der Waals surface area contributed by atoms with Crippen molar-refractivity contribution in [3.05, 3.63) is 89.2 Å². The van der Waals surface area contributed by atoms with Crippen molar-refractivity contribution in [3.63, 3.8) is 0 Å². The summed E-state index contributed by atoms with van der Waals surface area (Å²) >= 11 is 0. The van der Waals surface area contributed by atoms with Gasteiger partial charge in [0.05, 0.1) is 16.8 Å². The molecule has 0 radical (unpaired) electrons. The minimum Gasteiger partial charge on any atom is -0.478 e. The molecule has 3 nitrogen and oxygen atoms in total. The largest absolute Gasteiger partial charge is 0.478 e. The van der Waals surface area contributed by atoms with Crippen LogP contribution >= 0.6 is 0 Å². The van der Waals surface area contributed by atoms with Crippen molar-refractivity contribution in [3.8, 4) is 17.5 Å². The smallest absolute Gasteiger partial charge is 0.337 e. The van der Waals surface area contributed by atoms with Gasteiger partial charge in [-0.2, -0.15) is 0 Å². The third kappa shape index (κ3) is 3.18. The van der Waals surface area contributed by atoms with Gasteiger partial charge in [0.1, 0.15) is 11.6 Å². The van der Waals surface area contributed by atoms with Gasteiger partial charge in [-0.25, -0.2) is 13.6 Å². The SMILES string of the molecule is O=C(O)c1cc(F)cc(C#Cc2ccc(F)cc2)c1-n1cccc1. The molecule has 118 valence electrons. The number of aromatic carboxylic acids is 1. The van der Waals surface area contributed by atoms with Gasteiger partial charge in [-0.05, 0) is 48.5 Å². The first-order valence-electron chi connectivity index (χ1n) is 7.02. The Hall–Kier alpha value is -3.39. The van der Waals surface area contributed by atoms with Crippen LogP contribution in [-0.4, -0.2) is 15.6 Å². The van der Waals surface area contributed by atoms with Crippen LogP contribution in [0.15, 0.2) is 60.9 Å². The number of aromatic nitrogens is 1. The Labute approximate surface area is 136 Å². The number of hydrogen-bond donors (Lipinski definition) is 1. The number of carbonyl (C=O) groups is 1. The van der Waals surface area contributed by atoms with E-state index in [1.54, 1.807) is 29.1 Å². The van der Waals surface area contributed by atoms with Crippen LogP contribution in [0.25, 0.3) is 5.69 Å². The van der Waals surface area contributed by atoms with E-state index in [1.807, 2.05) is 0 Å². The molecule has 0 saturated carbocycles. The highest BCUT2D eigenvalue weighted by Crippen LogP contribution is 2.22. The summed E-state index contributed by atoms with van der Waals surface area (Å²) < 4.78 is 28.3. The first kappa shape index (κ1) is 15.5. The summed E-state index contributed by atoms with van der Waals surface area (Å²) in [4.78, 5) is 11.5. The van der Waals surface area contributed by atoms with Gasteiger partial charge in [0.15, 0.2) is 0 Å². The zero-order chi connectivity index (χ0) is 17.1. The lowest BCUT2D eigenvalue weighted by atomic mass is 10.1. The van der Waals surface area contributed by atoms with Gasteiger partial charge in [0.2, 0.25) is 0 Å². The lowest BCUT2D eigenvalue weighted by Gasteiger charge is -2.10. The van der Waals surface area contributed by atoms with E-state index in [0.29, 0.717) is 5.56 Å². The van der Waals surface area contributed by atoms with Crippen molar-refractivity contribution in [1.82, 2.24) is 4.57 Å². The second kappa shape index (κ2) is 6.39. The Kier molecular flexibility index (Phi) is 4.13. The van der Waals surface area contributed by atoms with Crippen molar-refractivity contribution < 1.29 is 18.7 Å². The maximum atomic E-state index is 13.8. The van der Waals surface area contributed by atoms with Gasteiger partial charge >= 0.3 is 5.97 Å². The predicted octanol–water partition coefficient (Wildman–Crippen LogP) is 3.85. The average molecular weight is 323 g/mol. The van der Waals surface area contributed by atoms with Gasteiger partial charge in [0, 0.05) is 18.0 Å². The first-order valence-corrected chi connectivity index (χ1v) is 7.02. The standard InChI is InChI=1S/C19H11F2NO2/c20-15-7-4-13(5-8-15)3-6-14-11-16(21)12-17(19(23)24)18(14)22-9-1-2-10-22/h1-2,4-5,7-12H,(H,23,24). The summed E-state index contributed by atoms with van der Waals surface area (Å²) in [5.41, 5.74) is 0.863. The highest BCUT2D eigenvalue weighted by Gasteiger charge is 2.17. The van der Waals surface area contributed by atoms with Crippen LogP contribution in [0.4, 0.5) is 8.78 Å². The number of halogens is 2. The fraction of sp³-hybridized carbons (Fsp3) is 0. The molecule has 1 aromatic heterocycles. The Morgan fingerprint density at radius 1 is 0.958 bits per heavy atom. The van der Waals surface area contributed by atoms with Crippen molar-refractivity contribution in [2.24, 2.45) is 0 Å². The number of rotatable bonds is 2. The summed E-state index contributed by atoms with van der Waals surface area (Å²) in [7, 11) is 0. The molecule has 0 unspecified atom stereocenters. The summed E-state index contributed by atoms with van der Waals surface area (Å²) in [6.45, 7) is 0. The maximum Gasteiger partial charge on any atom is 0.337 e. The molecule has 0 atom stereocenters. The van der Waals surface area contributed by atoms with Crippen LogP contribution in [0.1, 0.15) is 21.5 Å². The number of hydrogen-bond acceptors (Lipinski definition) is 1. The van der Waals surface area contributed by atoms with Crippen LogP contribution in [0.2, 0.25) is 0 Å². The second-order valence-corrected chi connectivity index (χ2v) is 5.00. The molecule has 0 saturated heterocycles. The first-order chi connectivity index (χ1) is 11.5. The Morgan fingerprint density at radius 3 is 2.25 bits per heavy atom. The third-order valence-electron chi connectivity index (χ3n) is 3.35. The zero-order valence-corrected chi connectivity index (χ0v) is 12.3. The topological polar surface area (TPSA) is 42.2 Å². The van der Waals surface area contributed by atoms with E-state index in [-0.39, 0.29) is 22.6 Å². The molecular formula is C19H11F2NO2. The van der Waals surface area contributed by atoms with Gasteiger partial charge in [-0.3, -0.25) is 0 Å². The molecular weight excluding hydrogens is 312 g/mol. The number of carboxylic acids is 1.